The molecule has 0 aromatic heterocycles. The summed E-state index contributed by atoms with van der Waals surface area (Å²) in [5.41, 5.74) is 1.32. The summed E-state index contributed by atoms with van der Waals surface area (Å²) in [5, 5.41) is 6.51. The van der Waals surface area contributed by atoms with Crippen LogP contribution in [0.1, 0.15) is 19.4 Å². The lowest BCUT2D eigenvalue weighted by Gasteiger charge is -2.23. The summed E-state index contributed by atoms with van der Waals surface area (Å²) in [6.07, 6.45) is 0. The van der Waals surface area contributed by atoms with Gasteiger partial charge in [0.2, 0.25) is 0 Å². The summed E-state index contributed by atoms with van der Waals surface area (Å²) in [4.78, 5) is 6.96. The number of aliphatic imine (C=N–C) groups is 1. The van der Waals surface area contributed by atoms with Crippen LogP contribution in [0.2, 0.25) is 0 Å². The number of nitrogens with one attached hydrogen (secondary N) is 2. The lowest BCUT2D eigenvalue weighted by atomic mass is 10.2. The first-order chi connectivity index (χ1) is 10.7. The maximum atomic E-state index is 5.05. The van der Waals surface area contributed by atoms with E-state index in [1.807, 2.05) is 6.07 Å². The van der Waals surface area contributed by atoms with Crippen molar-refractivity contribution < 1.29 is 4.74 Å². The van der Waals surface area contributed by atoms with Gasteiger partial charge in [-0.2, -0.15) is 0 Å². The van der Waals surface area contributed by atoms with Crippen LogP contribution >= 0.6 is 0 Å². The zero-order valence-electron chi connectivity index (χ0n) is 14.3. The van der Waals surface area contributed by atoms with E-state index in [2.05, 4.69) is 65.7 Å². The van der Waals surface area contributed by atoms with Crippen LogP contribution in [0, 0.1) is 0 Å². The van der Waals surface area contributed by atoms with Gasteiger partial charge in [0.1, 0.15) is 0 Å². The number of methoxy groups -OCH3 is 1. The summed E-state index contributed by atoms with van der Waals surface area (Å²) in [5.74, 6) is 0.847. The van der Waals surface area contributed by atoms with Crippen LogP contribution in [0.25, 0.3) is 0 Å². The molecule has 5 nitrogen and oxygen atoms in total. The van der Waals surface area contributed by atoms with E-state index in [0.29, 0.717) is 12.6 Å². The van der Waals surface area contributed by atoms with E-state index in [4.69, 9.17) is 4.74 Å². The maximum Gasteiger partial charge on any atom is 0.191 e. The number of likely N-dealkylation sites (N-methyl/N-ethyl adjacent to an activating group) is 1. The lowest BCUT2D eigenvalue weighted by Crippen LogP contribution is -2.40. The van der Waals surface area contributed by atoms with Gasteiger partial charge in [-0.15, -0.1) is 0 Å². The highest BCUT2D eigenvalue weighted by atomic mass is 16.5. The lowest BCUT2D eigenvalue weighted by molar-refractivity contribution is 0.203. The Kier molecular flexibility index (Phi) is 9.26. The largest absolute Gasteiger partial charge is 0.383 e. The molecular formula is C17H30N4O. The van der Waals surface area contributed by atoms with Gasteiger partial charge in [-0.05, 0) is 26.5 Å². The molecule has 22 heavy (non-hydrogen) atoms. The minimum absolute atomic E-state index is 0.373. The summed E-state index contributed by atoms with van der Waals surface area (Å²) >= 11 is 0. The Morgan fingerprint density at radius 2 is 2.00 bits per heavy atom. The van der Waals surface area contributed by atoms with Gasteiger partial charge < -0.3 is 15.4 Å². The fourth-order valence-electron chi connectivity index (χ4n) is 2.00. The average molecular weight is 306 g/mol. The minimum atomic E-state index is 0.373. The van der Waals surface area contributed by atoms with Crippen LogP contribution in [0.5, 0.6) is 0 Å². The number of rotatable bonds is 9. The van der Waals surface area contributed by atoms with Gasteiger partial charge in [-0.25, -0.2) is 0 Å². The molecule has 1 rings (SSSR count). The predicted octanol–water partition coefficient (Wildman–Crippen LogP) is 1.71. The fraction of sp³-hybridized carbons (Fsp3) is 0.588. The highest BCUT2D eigenvalue weighted by Crippen LogP contribution is 2.06. The second-order valence-electron chi connectivity index (χ2n) is 5.39. The molecule has 1 atom stereocenters. The Balaban J connectivity index is 2.45. The molecule has 0 aliphatic rings. The van der Waals surface area contributed by atoms with Crippen LogP contribution < -0.4 is 10.6 Å². The first-order valence-corrected chi connectivity index (χ1v) is 7.92. The van der Waals surface area contributed by atoms with Crippen molar-refractivity contribution in [3.05, 3.63) is 35.9 Å². The minimum Gasteiger partial charge on any atom is -0.383 e. The molecule has 0 amide bonds. The van der Waals surface area contributed by atoms with Crippen LogP contribution in [-0.4, -0.2) is 57.3 Å². The molecule has 0 heterocycles. The standard InChI is InChI=1S/C17H30N4O/c1-5-18-17(19-11-12-22-4)20-13-15(2)21(3)14-16-9-7-6-8-10-16/h6-10,15H,5,11-14H2,1-4H3,(H2,18,19,20). The van der Waals surface area contributed by atoms with E-state index in [9.17, 15) is 0 Å². The van der Waals surface area contributed by atoms with Gasteiger partial charge in [0.25, 0.3) is 0 Å². The first-order valence-electron chi connectivity index (χ1n) is 7.92. The zero-order chi connectivity index (χ0) is 16.2. The van der Waals surface area contributed by atoms with Gasteiger partial charge in [0, 0.05) is 32.8 Å². The van der Waals surface area contributed by atoms with Crippen LogP contribution in [0.3, 0.4) is 0 Å². The molecule has 0 radical (unpaired) electrons. The van der Waals surface area contributed by atoms with E-state index < -0.39 is 0 Å². The summed E-state index contributed by atoms with van der Waals surface area (Å²) in [6, 6.07) is 10.9. The van der Waals surface area contributed by atoms with Gasteiger partial charge in [0.05, 0.1) is 13.2 Å². The zero-order valence-corrected chi connectivity index (χ0v) is 14.3. The number of nitrogens with zero attached hydrogens (tertiary/aromatic N) is 2. The predicted molar refractivity (Wildman–Crippen MR) is 93.2 cm³/mol. The van der Waals surface area contributed by atoms with E-state index in [0.717, 1.165) is 32.1 Å². The third-order valence-electron chi connectivity index (χ3n) is 3.48. The Labute approximate surface area is 134 Å². The monoisotopic (exact) mass is 306 g/mol. The van der Waals surface area contributed by atoms with Crippen LogP contribution in [-0.2, 0) is 11.3 Å². The summed E-state index contributed by atoms with van der Waals surface area (Å²) in [6.45, 7) is 8.25. The average Bonchev–Trinajstić information content (AvgIpc) is 2.53. The first kappa shape index (κ1) is 18.5. The number of guanidine groups is 1. The maximum absolute atomic E-state index is 5.05. The molecule has 0 fully saturated rings. The van der Waals surface area contributed by atoms with E-state index in [-0.39, 0.29) is 0 Å². The Hall–Kier alpha value is -1.59. The SMILES string of the molecule is CCNC(=NCC(C)N(C)Cc1ccccc1)NCCOC. The highest BCUT2D eigenvalue weighted by Gasteiger charge is 2.09. The molecule has 0 spiro atoms. The van der Waals surface area contributed by atoms with E-state index in [1.54, 1.807) is 7.11 Å². The van der Waals surface area contributed by atoms with Crippen molar-refractivity contribution in [3.63, 3.8) is 0 Å². The van der Waals surface area contributed by atoms with Crippen molar-refractivity contribution in [2.75, 3.05) is 40.4 Å². The van der Waals surface area contributed by atoms with Crippen molar-refractivity contribution >= 4 is 5.96 Å². The van der Waals surface area contributed by atoms with Gasteiger partial charge >= 0.3 is 0 Å². The van der Waals surface area contributed by atoms with Crippen molar-refractivity contribution in [2.24, 2.45) is 4.99 Å². The molecule has 5 heteroatoms. The van der Waals surface area contributed by atoms with E-state index >= 15 is 0 Å². The van der Waals surface area contributed by atoms with Crippen molar-refractivity contribution in [1.82, 2.24) is 15.5 Å². The van der Waals surface area contributed by atoms with Gasteiger partial charge in [-0.1, -0.05) is 30.3 Å². The fourth-order valence-corrected chi connectivity index (χ4v) is 2.00. The van der Waals surface area contributed by atoms with Crippen LogP contribution in [0.15, 0.2) is 35.3 Å². The Bertz CT molecular complexity index is 422. The van der Waals surface area contributed by atoms with Crippen molar-refractivity contribution in [1.29, 1.82) is 0 Å². The third kappa shape index (κ3) is 7.43. The third-order valence-corrected chi connectivity index (χ3v) is 3.48. The topological polar surface area (TPSA) is 48.9 Å². The van der Waals surface area contributed by atoms with Crippen LogP contribution in [0.4, 0.5) is 0 Å². The normalized spacial score (nSPS) is 13.2. The smallest absolute Gasteiger partial charge is 0.191 e. The molecule has 1 unspecified atom stereocenters. The van der Waals surface area contributed by atoms with Gasteiger partial charge in [0.15, 0.2) is 5.96 Å². The quantitative estimate of drug-likeness (QED) is 0.414. The van der Waals surface area contributed by atoms with Crippen molar-refractivity contribution in [2.45, 2.75) is 26.4 Å². The molecule has 0 aliphatic heterocycles. The molecular weight excluding hydrogens is 276 g/mol. The molecule has 0 saturated heterocycles. The second-order valence-corrected chi connectivity index (χ2v) is 5.39. The summed E-state index contributed by atoms with van der Waals surface area (Å²) < 4.78 is 5.05. The molecule has 0 aliphatic carbocycles. The molecule has 1 aromatic rings. The number of benzene rings is 1. The van der Waals surface area contributed by atoms with E-state index in [1.165, 1.54) is 5.56 Å². The summed E-state index contributed by atoms with van der Waals surface area (Å²) in [7, 11) is 3.84. The molecule has 0 saturated carbocycles. The Morgan fingerprint density at radius 1 is 1.27 bits per heavy atom. The second kappa shape index (κ2) is 11.0. The molecule has 0 bridgehead atoms. The number of hydrogen-bond acceptors (Lipinski definition) is 3. The van der Waals surface area contributed by atoms with Gasteiger partial charge in [-0.3, -0.25) is 9.89 Å². The highest BCUT2D eigenvalue weighted by molar-refractivity contribution is 5.79. The Morgan fingerprint density at radius 3 is 2.64 bits per heavy atom. The number of ether oxygens (including phenoxy) is 1. The molecule has 124 valence electrons. The van der Waals surface area contributed by atoms with Crippen molar-refractivity contribution in [3.8, 4) is 0 Å². The molecule has 2 N–H and O–H groups in total. The number of hydrogen-bond donors (Lipinski definition) is 2. The molecule has 1 aromatic carbocycles.